The third-order valence-electron chi connectivity index (χ3n) is 5.44. The lowest BCUT2D eigenvalue weighted by Crippen LogP contribution is -2.38. The monoisotopic (exact) mass is 464 g/mol. The molecule has 0 aliphatic heterocycles. The minimum Gasteiger partial charge on any atom is -0.434 e. The van der Waals surface area contributed by atoms with Crippen molar-refractivity contribution in [2.75, 3.05) is 12.4 Å². The molecule has 0 saturated heterocycles. The summed E-state index contributed by atoms with van der Waals surface area (Å²) in [7, 11) is -2.00. The van der Waals surface area contributed by atoms with Crippen LogP contribution in [0.3, 0.4) is 0 Å². The molecule has 0 heterocycles. The van der Waals surface area contributed by atoms with Gasteiger partial charge in [-0.15, -0.1) is 0 Å². The van der Waals surface area contributed by atoms with Crippen molar-refractivity contribution in [1.82, 2.24) is 4.31 Å². The molecule has 6 nitrogen and oxygen atoms in total. The van der Waals surface area contributed by atoms with Crippen molar-refractivity contribution in [3.05, 3.63) is 60.2 Å². The molecule has 2 aromatic rings. The molecule has 0 atom stereocenters. The molecule has 3 rings (SSSR count). The summed E-state index contributed by atoms with van der Waals surface area (Å²) in [5.41, 5.74) is 0.742. The van der Waals surface area contributed by atoms with Crippen molar-refractivity contribution in [2.24, 2.45) is 0 Å². The number of benzene rings is 2. The summed E-state index contributed by atoms with van der Waals surface area (Å²) in [6, 6.07) is 12.1. The molecule has 1 saturated carbocycles. The first-order valence-corrected chi connectivity index (χ1v) is 11.8. The van der Waals surface area contributed by atoms with Crippen LogP contribution in [-0.2, 0) is 14.8 Å². The van der Waals surface area contributed by atoms with E-state index < -0.39 is 22.5 Å². The van der Waals surface area contributed by atoms with Gasteiger partial charge in [0.25, 0.3) is 0 Å². The highest BCUT2D eigenvalue weighted by Gasteiger charge is 2.28. The summed E-state index contributed by atoms with van der Waals surface area (Å²) in [6.07, 6.45) is 7.48. The van der Waals surface area contributed by atoms with Crippen LogP contribution in [-0.4, -0.2) is 38.3 Å². The number of sulfonamides is 1. The zero-order chi connectivity index (χ0) is 23.1. The molecular formula is C23H26F2N2O4S. The van der Waals surface area contributed by atoms with Crippen LogP contribution in [0.15, 0.2) is 59.5 Å². The Labute approximate surface area is 186 Å². The van der Waals surface area contributed by atoms with E-state index in [0.717, 1.165) is 32.1 Å². The Hall–Kier alpha value is -2.78. The van der Waals surface area contributed by atoms with Crippen LogP contribution in [0.5, 0.6) is 5.75 Å². The van der Waals surface area contributed by atoms with E-state index in [4.69, 9.17) is 0 Å². The van der Waals surface area contributed by atoms with E-state index in [2.05, 4.69) is 10.1 Å². The van der Waals surface area contributed by atoms with E-state index in [1.807, 2.05) is 0 Å². The molecule has 0 bridgehead atoms. The minimum absolute atomic E-state index is 0.00944. The van der Waals surface area contributed by atoms with Crippen LogP contribution in [0, 0.1) is 0 Å². The van der Waals surface area contributed by atoms with Crippen LogP contribution in [0.25, 0.3) is 6.08 Å². The highest BCUT2D eigenvalue weighted by atomic mass is 32.2. The first kappa shape index (κ1) is 23.9. The topological polar surface area (TPSA) is 75.7 Å². The molecule has 0 unspecified atom stereocenters. The number of amides is 1. The lowest BCUT2D eigenvalue weighted by Gasteiger charge is -2.30. The minimum atomic E-state index is -3.61. The molecule has 1 aliphatic rings. The Morgan fingerprint density at radius 1 is 1.09 bits per heavy atom. The van der Waals surface area contributed by atoms with E-state index in [1.165, 1.54) is 46.8 Å². The fourth-order valence-electron chi connectivity index (χ4n) is 3.69. The number of para-hydroxylation sites is 1. The molecule has 0 spiro atoms. The number of hydrogen-bond donors (Lipinski definition) is 1. The second-order valence-corrected chi connectivity index (χ2v) is 9.57. The Morgan fingerprint density at radius 3 is 2.41 bits per heavy atom. The molecule has 0 aromatic heterocycles. The first-order chi connectivity index (χ1) is 15.3. The molecule has 1 N–H and O–H groups in total. The number of anilines is 1. The van der Waals surface area contributed by atoms with Crippen molar-refractivity contribution >= 4 is 27.7 Å². The van der Waals surface area contributed by atoms with Gasteiger partial charge in [-0.2, -0.15) is 13.1 Å². The van der Waals surface area contributed by atoms with Crippen molar-refractivity contribution in [1.29, 1.82) is 0 Å². The van der Waals surface area contributed by atoms with Crippen LogP contribution in [0.1, 0.15) is 37.7 Å². The Morgan fingerprint density at radius 2 is 1.75 bits per heavy atom. The number of nitrogens with zero attached hydrogens (tertiary/aromatic N) is 1. The fraction of sp³-hybridized carbons (Fsp3) is 0.348. The summed E-state index contributed by atoms with van der Waals surface area (Å²) < 4.78 is 56.6. The molecule has 172 valence electrons. The Balaban J connectivity index is 1.64. The number of nitrogens with one attached hydrogen (secondary N) is 1. The van der Waals surface area contributed by atoms with Gasteiger partial charge in [0.1, 0.15) is 5.75 Å². The van der Waals surface area contributed by atoms with Crippen LogP contribution < -0.4 is 10.1 Å². The number of alkyl halides is 2. The SMILES string of the molecule is CN(C1CCCCC1)S(=O)(=O)c1ccc(NC(=O)/C=C/c2ccccc2OC(F)F)cc1. The Bertz CT molecular complexity index is 1050. The van der Waals surface area contributed by atoms with Gasteiger partial charge >= 0.3 is 6.61 Å². The highest BCUT2D eigenvalue weighted by Crippen LogP contribution is 2.27. The third kappa shape index (κ3) is 6.14. The number of carbonyl (C=O) groups excluding carboxylic acids is 1. The van der Waals surface area contributed by atoms with Gasteiger partial charge in [-0.3, -0.25) is 4.79 Å². The average molecular weight is 465 g/mol. The predicted molar refractivity (Wildman–Crippen MR) is 119 cm³/mol. The molecular weight excluding hydrogens is 438 g/mol. The quantitative estimate of drug-likeness (QED) is 0.564. The maximum Gasteiger partial charge on any atom is 0.387 e. The number of halogens is 2. The normalized spacial score (nSPS) is 15.4. The maximum absolute atomic E-state index is 12.9. The van der Waals surface area contributed by atoms with Crippen LogP contribution in [0.4, 0.5) is 14.5 Å². The van der Waals surface area contributed by atoms with E-state index >= 15 is 0 Å². The standard InChI is InChI=1S/C23H26F2N2O4S/c1-27(19-8-3-2-4-9-19)32(29,30)20-14-12-18(13-15-20)26-22(28)16-11-17-7-5-6-10-21(17)31-23(24)25/h5-7,10-16,19,23H,2-4,8-9H2,1H3,(H,26,28)/b16-11+. The zero-order valence-corrected chi connectivity index (χ0v) is 18.5. The van der Waals surface area contributed by atoms with E-state index in [-0.39, 0.29) is 16.7 Å². The zero-order valence-electron chi connectivity index (χ0n) is 17.7. The lowest BCUT2D eigenvalue weighted by molar-refractivity contribution is -0.111. The average Bonchev–Trinajstić information content (AvgIpc) is 2.78. The summed E-state index contributed by atoms with van der Waals surface area (Å²) in [6.45, 7) is -2.97. The summed E-state index contributed by atoms with van der Waals surface area (Å²) >= 11 is 0. The Kier molecular flexibility index (Phi) is 7.98. The number of carbonyl (C=O) groups is 1. The van der Waals surface area contributed by atoms with Gasteiger partial charge in [0.05, 0.1) is 4.90 Å². The van der Waals surface area contributed by atoms with Gasteiger partial charge in [0, 0.05) is 30.4 Å². The largest absolute Gasteiger partial charge is 0.434 e. The van der Waals surface area contributed by atoms with Gasteiger partial charge in [0.15, 0.2) is 0 Å². The van der Waals surface area contributed by atoms with Crippen LogP contribution >= 0.6 is 0 Å². The van der Waals surface area contributed by atoms with Gasteiger partial charge in [-0.05, 0) is 49.2 Å². The van der Waals surface area contributed by atoms with Crippen molar-refractivity contribution in [3.8, 4) is 5.75 Å². The lowest BCUT2D eigenvalue weighted by atomic mass is 9.96. The summed E-state index contributed by atoms with van der Waals surface area (Å²) in [5.74, 6) is -0.532. The van der Waals surface area contributed by atoms with Gasteiger partial charge in [-0.1, -0.05) is 37.5 Å². The molecule has 1 amide bonds. The fourth-order valence-corrected chi connectivity index (χ4v) is 5.10. The second-order valence-electron chi connectivity index (χ2n) is 7.58. The van der Waals surface area contributed by atoms with Gasteiger partial charge in [0.2, 0.25) is 15.9 Å². The molecule has 1 aliphatic carbocycles. The van der Waals surface area contributed by atoms with Crippen molar-refractivity contribution in [3.63, 3.8) is 0 Å². The molecule has 32 heavy (non-hydrogen) atoms. The first-order valence-electron chi connectivity index (χ1n) is 10.4. The number of hydrogen-bond acceptors (Lipinski definition) is 4. The summed E-state index contributed by atoms with van der Waals surface area (Å²) in [5, 5.41) is 2.62. The molecule has 9 heteroatoms. The maximum atomic E-state index is 12.9. The van der Waals surface area contributed by atoms with Crippen LogP contribution in [0.2, 0.25) is 0 Å². The second kappa shape index (κ2) is 10.7. The number of ether oxygens (including phenoxy) is 1. The third-order valence-corrected chi connectivity index (χ3v) is 7.36. The van der Waals surface area contributed by atoms with Crippen molar-refractivity contribution in [2.45, 2.75) is 49.7 Å². The van der Waals surface area contributed by atoms with Gasteiger partial charge in [-0.25, -0.2) is 8.42 Å². The molecule has 2 aromatic carbocycles. The summed E-state index contributed by atoms with van der Waals surface area (Å²) in [4.78, 5) is 12.4. The van der Waals surface area contributed by atoms with E-state index in [1.54, 1.807) is 25.2 Å². The van der Waals surface area contributed by atoms with Gasteiger partial charge < -0.3 is 10.1 Å². The van der Waals surface area contributed by atoms with E-state index in [0.29, 0.717) is 11.3 Å². The van der Waals surface area contributed by atoms with Crippen molar-refractivity contribution < 1.29 is 26.7 Å². The predicted octanol–water partition coefficient (Wildman–Crippen LogP) is 4.89. The molecule has 1 fully saturated rings. The highest BCUT2D eigenvalue weighted by molar-refractivity contribution is 7.89. The molecule has 0 radical (unpaired) electrons. The number of rotatable bonds is 8. The smallest absolute Gasteiger partial charge is 0.387 e. The van der Waals surface area contributed by atoms with E-state index in [9.17, 15) is 22.0 Å².